The molecule has 110 valence electrons. The van der Waals surface area contributed by atoms with E-state index in [9.17, 15) is 4.79 Å². The molecule has 1 amide bonds. The quantitative estimate of drug-likeness (QED) is 0.831. The lowest BCUT2D eigenvalue weighted by molar-refractivity contribution is -0.132. The van der Waals surface area contributed by atoms with E-state index in [1.165, 1.54) is 10.4 Å². The summed E-state index contributed by atoms with van der Waals surface area (Å²) in [6, 6.07) is 12.4. The number of nitrogens with two attached hydrogens (primary N) is 1. The summed E-state index contributed by atoms with van der Waals surface area (Å²) in [6.45, 7) is 0.767. The lowest BCUT2D eigenvalue weighted by Gasteiger charge is -2.22. The number of thiophene rings is 1. The van der Waals surface area contributed by atoms with E-state index in [1.54, 1.807) is 11.3 Å². The molecule has 2 aromatic rings. The number of carbonyl (C=O) groups is 1. The number of amides is 1. The van der Waals surface area contributed by atoms with Crippen molar-refractivity contribution < 1.29 is 4.79 Å². The largest absolute Gasteiger partial charge is 0.399 e. The van der Waals surface area contributed by atoms with Gasteiger partial charge in [0.05, 0.1) is 6.54 Å². The minimum Gasteiger partial charge on any atom is -0.399 e. The molecular formula is C17H20N2OS. The smallest absolute Gasteiger partial charge is 0.223 e. The van der Waals surface area contributed by atoms with E-state index >= 15 is 0 Å². The molecule has 1 aromatic carbocycles. The lowest BCUT2D eigenvalue weighted by Crippen LogP contribution is -2.32. The van der Waals surface area contributed by atoms with Crippen LogP contribution in [0.2, 0.25) is 0 Å². The van der Waals surface area contributed by atoms with Crippen LogP contribution in [0, 0.1) is 0 Å². The lowest BCUT2D eigenvalue weighted by atomic mass is 10.1. The van der Waals surface area contributed by atoms with Gasteiger partial charge in [-0.05, 0) is 48.4 Å². The molecule has 1 saturated carbocycles. The number of aryl methyl sites for hydroxylation is 1. The van der Waals surface area contributed by atoms with E-state index in [4.69, 9.17) is 5.73 Å². The van der Waals surface area contributed by atoms with Crippen molar-refractivity contribution in [1.29, 1.82) is 0 Å². The maximum atomic E-state index is 12.5. The maximum Gasteiger partial charge on any atom is 0.223 e. The van der Waals surface area contributed by atoms with E-state index in [-0.39, 0.29) is 5.91 Å². The fourth-order valence-corrected chi connectivity index (χ4v) is 3.16. The Hall–Kier alpha value is -1.81. The monoisotopic (exact) mass is 300 g/mol. The van der Waals surface area contributed by atoms with Crippen molar-refractivity contribution in [3.63, 3.8) is 0 Å². The Morgan fingerprint density at radius 3 is 2.62 bits per heavy atom. The van der Waals surface area contributed by atoms with Crippen LogP contribution in [0.25, 0.3) is 0 Å². The zero-order valence-corrected chi connectivity index (χ0v) is 12.8. The number of rotatable bonds is 6. The van der Waals surface area contributed by atoms with Gasteiger partial charge in [-0.3, -0.25) is 4.79 Å². The maximum absolute atomic E-state index is 12.5. The summed E-state index contributed by atoms with van der Waals surface area (Å²) in [6.07, 6.45) is 3.66. The molecule has 1 aliphatic carbocycles. The first-order valence-electron chi connectivity index (χ1n) is 7.38. The summed E-state index contributed by atoms with van der Waals surface area (Å²) in [5.74, 6) is 0.266. The molecule has 0 bridgehead atoms. The summed E-state index contributed by atoms with van der Waals surface area (Å²) in [7, 11) is 0. The second kappa shape index (κ2) is 6.31. The van der Waals surface area contributed by atoms with Crippen LogP contribution < -0.4 is 5.73 Å². The van der Waals surface area contributed by atoms with Crippen molar-refractivity contribution in [1.82, 2.24) is 4.90 Å². The number of benzene rings is 1. The molecule has 0 spiro atoms. The zero-order chi connectivity index (χ0) is 14.7. The summed E-state index contributed by atoms with van der Waals surface area (Å²) in [5.41, 5.74) is 7.62. The van der Waals surface area contributed by atoms with Crippen LogP contribution in [0.4, 0.5) is 5.69 Å². The average Bonchev–Trinajstić information content (AvgIpc) is 3.20. The van der Waals surface area contributed by atoms with Crippen LogP contribution in [0.5, 0.6) is 0 Å². The van der Waals surface area contributed by atoms with E-state index in [0.29, 0.717) is 12.5 Å². The van der Waals surface area contributed by atoms with Gasteiger partial charge in [0.15, 0.2) is 0 Å². The number of carbonyl (C=O) groups excluding carboxylic acids is 1. The molecule has 2 N–H and O–H groups in total. The van der Waals surface area contributed by atoms with Gasteiger partial charge in [0.1, 0.15) is 0 Å². The van der Waals surface area contributed by atoms with E-state index in [1.807, 2.05) is 30.3 Å². The van der Waals surface area contributed by atoms with Crippen molar-refractivity contribution in [2.45, 2.75) is 38.3 Å². The molecule has 4 heteroatoms. The Morgan fingerprint density at radius 1 is 1.24 bits per heavy atom. The number of anilines is 1. The minimum atomic E-state index is 0.266. The Kier molecular flexibility index (Phi) is 4.25. The van der Waals surface area contributed by atoms with Crippen LogP contribution in [0.15, 0.2) is 41.8 Å². The molecule has 3 nitrogen and oxygen atoms in total. The molecule has 0 radical (unpaired) electrons. The molecular weight excluding hydrogens is 280 g/mol. The predicted molar refractivity (Wildman–Crippen MR) is 87.1 cm³/mol. The first-order valence-corrected chi connectivity index (χ1v) is 8.26. The van der Waals surface area contributed by atoms with Crippen LogP contribution in [-0.4, -0.2) is 16.8 Å². The number of nitrogen functional groups attached to an aromatic ring is 1. The molecule has 0 atom stereocenters. The fourth-order valence-electron chi connectivity index (χ4n) is 2.46. The molecule has 1 fully saturated rings. The van der Waals surface area contributed by atoms with Gasteiger partial charge in [0.2, 0.25) is 5.91 Å². The molecule has 0 saturated heterocycles. The van der Waals surface area contributed by atoms with Gasteiger partial charge >= 0.3 is 0 Å². The third kappa shape index (κ3) is 3.85. The van der Waals surface area contributed by atoms with Gasteiger partial charge in [-0.25, -0.2) is 0 Å². The normalized spacial score (nSPS) is 14.1. The second-order valence-corrected chi connectivity index (χ2v) is 6.61. The highest BCUT2D eigenvalue weighted by atomic mass is 32.1. The first-order chi connectivity index (χ1) is 10.2. The zero-order valence-electron chi connectivity index (χ0n) is 12.0. The molecule has 3 rings (SSSR count). The van der Waals surface area contributed by atoms with Gasteiger partial charge in [0, 0.05) is 23.0 Å². The highest BCUT2D eigenvalue weighted by Crippen LogP contribution is 2.30. The van der Waals surface area contributed by atoms with Crippen molar-refractivity contribution >= 4 is 22.9 Å². The summed E-state index contributed by atoms with van der Waals surface area (Å²) in [4.78, 5) is 15.8. The van der Waals surface area contributed by atoms with Gasteiger partial charge in [0.25, 0.3) is 0 Å². The highest BCUT2D eigenvalue weighted by molar-refractivity contribution is 7.09. The van der Waals surface area contributed by atoms with Gasteiger partial charge in [-0.15, -0.1) is 11.3 Å². The van der Waals surface area contributed by atoms with Crippen molar-refractivity contribution in [2.24, 2.45) is 0 Å². The Balaban J connectivity index is 1.58. The first kappa shape index (κ1) is 14.1. The van der Waals surface area contributed by atoms with Gasteiger partial charge in [-0.2, -0.15) is 0 Å². The second-order valence-electron chi connectivity index (χ2n) is 5.57. The summed E-state index contributed by atoms with van der Waals surface area (Å²) < 4.78 is 0. The SMILES string of the molecule is Nc1ccc(CCC(=O)N(Cc2cccs2)C2CC2)cc1. The summed E-state index contributed by atoms with van der Waals surface area (Å²) >= 11 is 1.72. The summed E-state index contributed by atoms with van der Waals surface area (Å²) in [5, 5.41) is 2.07. The van der Waals surface area contributed by atoms with E-state index in [0.717, 1.165) is 31.5 Å². The standard InChI is InChI=1S/C17H20N2OS/c18-14-6-3-13(4-7-14)5-10-17(20)19(15-8-9-15)12-16-2-1-11-21-16/h1-4,6-7,11,15H,5,8-10,12,18H2. The fraction of sp³-hybridized carbons (Fsp3) is 0.353. The topological polar surface area (TPSA) is 46.3 Å². The number of hydrogen-bond donors (Lipinski definition) is 1. The van der Waals surface area contributed by atoms with Crippen LogP contribution in [-0.2, 0) is 17.8 Å². The van der Waals surface area contributed by atoms with E-state index in [2.05, 4.69) is 16.3 Å². The third-order valence-corrected chi connectivity index (χ3v) is 4.68. The molecule has 1 heterocycles. The third-order valence-electron chi connectivity index (χ3n) is 3.82. The highest BCUT2D eigenvalue weighted by Gasteiger charge is 2.32. The Morgan fingerprint density at radius 2 is 2.00 bits per heavy atom. The number of hydrogen-bond acceptors (Lipinski definition) is 3. The van der Waals surface area contributed by atoms with Crippen molar-refractivity contribution in [2.75, 3.05) is 5.73 Å². The average molecular weight is 300 g/mol. The van der Waals surface area contributed by atoms with Crippen LogP contribution >= 0.6 is 11.3 Å². The van der Waals surface area contributed by atoms with Crippen LogP contribution in [0.3, 0.4) is 0 Å². The molecule has 1 aliphatic rings. The van der Waals surface area contributed by atoms with E-state index < -0.39 is 0 Å². The number of nitrogens with zero attached hydrogens (tertiary/aromatic N) is 1. The van der Waals surface area contributed by atoms with Gasteiger partial charge in [-0.1, -0.05) is 18.2 Å². The Labute approximate surface area is 129 Å². The molecule has 0 unspecified atom stereocenters. The van der Waals surface area contributed by atoms with Gasteiger partial charge < -0.3 is 10.6 Å². The van der Waals surface area contributed by atoms with Crippen molar-refractivity contribution in [3.8, 4) is 0 Å². The molecule has 0 aliphatic heterocycles. The predicted octanol–water partition coefficient (Wildman–Crippen LogP) is 3.45. The molecule has 21 heavy (non-hydrogen) atoms. The molecule has 1 aromatic heterocycles. The minimum absolute atomic E-state index is 0.266. The van der Waals surface area contributed by atoms with Crippen LogP contribution in [0.1, 0.15) is 29.7 Å². The van der Waals surface area contributed by atoms with Crippen molar-refractivity contribution in [3.05, 3.63) is 52.2 Å². The Bertz CT molecular complexity index is 588.